The number of alkyl halides is 2. The summed E-state index contributed by atoms with van der Waals surface area (Å²) in [6.07, 6.45) is 4.00. The molecule has 0 spiro atoms. The minimum atomic E-state index is -2.46. The highest BCUT2D eigenvalue weighted by molar-refractivity contribution is 6.32. The van der Waals surface area contributed by atoms with Crippen molar-refractivity contribution in [1.82, 2.24) is 34.5 Å². The lowest BCUT2D eigenvalue weighted by Crippen LogP contribution is -2.52. The van der Waals surface area contributed by atoms with Crippen LogP contribution >= 0.6 is 11.6 Å². The van der Waals surface area contributed by atoms with Crippen LogP contribution in [-0.4, -0.2) is 53.5 Å². The standard InChI is InChI=1S/C22H16ClF2N9O/c23-14-7-12(1-2-17(14)35-13-3-6-34-18(8-13)28-11-30-34)31-21-19-15(27-10-29-21)9-26-22(32-19)33-5-4-16(33)20(24)25/h1-3,6-11,16,20H,4-5H2,(H,27,29,31). The van der Waals surface area contributed by atoms with Crippen molar-refractivity contribution in [3.63, 3.8) is 0 Å². The van der Waals surface area contributed by atoms with E-state index in [1.54, 1.807) is 41.0 Å². The van der Waals surface area contributed by atoms with E-state index in [0.717, 1.165) is 0 Å². The zero-order valence-corrected chi connectivity index (χ0v) is 18.6. The topological polar surface area (TPSA) is 106 Å². The molecule has 0 aliphatic carbocycles. The molecular formula is C22H16ClF2N9O. The highest BCUT2D eigenvalue weighted by atomic mass is 35.5. The van der Waals surface area contributed by atoms with Gasteiger partial charge in [-0.15, -0.1) is 0 Å². The normalized spacial score (nSPS) is 15.5. The van der Waals surface area contributed by atoms with Gasteiger partial charge in [-0.2, -0.15) is 5.10 Å². The van der Waals surface area contributed by atoms with E-state index >= 15 is 0 Å². The van der Waals surface area contributed by atoms with Crippen LogP contribution in [0.15, 0.2) is 55.4 Å². The summed E-state index contributed by atoms with van der Waals surface area (Å²) in [7, 11) is 0. The van der Waals surface area contributed by atoms with Crippen LogP contribution in [0.2, 0.25) is 5.02 Å². The smallest absolute Gasteiger partial charge is 0.258 e. The van der Waals surface area contributed by atoms with Crippen molar-refractivity contribution in [1.29, 1.82) is 0 Å². The van der Waals surface area contributed by atoms with Crippen LogP contribution in [0.4, 0.5) is 26.2 Å². The Hall–Kier alpha value is -4.19. The third kappa shape index (κ3) is 4.01. The highest BCUT2D eigenvalue weighted by Crippen LogP contribution is 2.34. The predicted octanol–water partition coefficient (Wildman–Crippen LogP) is 4.50. The van der Waals surface area contributed by atoms with Gasteiger partial charge in [-0.25, -0.2) is 38.2 Å². The number of benzene rings is 1. The molecule has 1 N–H and O–H groups in total. The molecule has 5 heterocycles. The molecule has 0 amide bonds. The van der Waals surface area contributed by atoms with E-state index in [0.29, 0.717) is 57.7 Å². The summed E-state index contributed by atoms with van der Waals surface area (Å²) in [6, 6.07) is 7.79. The molecule has 35 heavy (non-hydrogen) atoms. The quantitative estimate of drug-likeness (QED) is 0.364. The van der Waals surface area contributed by atoms with Crippen LogP contribution in [0.5, 0.6) is 11.5 Å². The molecule has 1 atom stereocenters. The molecule has 1 aliphatic heterocycles. The second-order valence-electron chi connectivity index (χ2n) is 7.81. The van der Waals surface area contributed by atoms with Crippen LogP contribution in [-0.2, 0) is 0 Å². The van der Waals surface area contributed by atoms with Gasteiger partial charge in [0.25, 0.3) is 6.43 Å². The lowest BCUT2D eigenvalue weighted by atomic mass is 10.1. The van der Waals surface area contributed by atoms with Gasteiger partial charge in [0.2, 0.25) is 5.95 Å². The van der Waals surface area contributed by atoms with Crippen LogP contribution in [0.1, 0.15) is 6.42 Å². The van der Waals surface area contributed by atoms with E-state index in [2.05, 4.69) is 35.3 Å². The fraction of sp³-hybridized carbons (Fsp3) is 0.182. The van der Waals surface area contributed by atoms with E-state index in [1.165, 1.54) is 23.8 Å². The van der Waals surface area contributed by atoms with Crippen molar-refractivity contribution in [2.75, 3.05) is 16.8 Å². The van der Waals surface area contributed by atoms with Crippen LogP contribution in [0.3, 0.4) is 0 Å². The third-order valence-corrected chi connectivity index (χ3v) is 5.95. The van der Waals surface area contributed by atoms with Crippen LogP contribution in [0.25, 0.3) is 16.7 Å². The van der Waals surface area contributed by atoms with Gasteiger partial charge >= 0.3 is 0 Å². The van der Waals surface area contributed by atoms with Crippen molar-refractivity contribution in [3.8, 4) is 11.5 Å². The lowest BCUT2D eigenvalue weighted by molar-refractivity contribution is 0.0867. The third-order valence-electron chi connectivity index (χ3n) is 5.65. The number of nitrogens with zero attached hydrogens (tertiary/aromatic N) is 8. The average molecular weight is 496 g/mol. The number of fused-ring (bicyclic) bond motifs is 2. The lowest BCUT2D eigenvalue weighted by Gasteiger charge is -2.40. The maximum absolute atomic E-state index is 13.2. The summed E-state index contributed by atoms with van der Waals surface area (Å²) in [5.74, 6) is 1.63. The van der Waals surface area contributed by atoms with Gasteiger partial charge in [-0.1, -0.05) is 11.6 Å². The molecule has 1 aliphatic rings. The monoisotopic (exact) mass is 495 g/mol. The highest BCUT2D eigenvalue weighted by Gasteiger charge is 2.37. The molecule has 1 fully saturated rings. The maximum atomic E-state index is 13.2. The first-order valence-corrected chi connectivity index (χ1v) is 11.0. The number of nitrogens with one attached hydrogen (secondary N) is 1. The molecule has 0 saturated carbocycles. The molecule has 10 nitrogen and oxygen atoms in total. The molecule has 4 aromatic heterocycles. The zero-order valence-electron chi connectivity index (χ0n) is 17.9. The van der Waals surface area contributed by atoms with Crippen molar-refractivity contribution in [3.05, 3.63) is 60.4 Å². The summed E-state index contributed by atoms with van der Waals surface area (Å²) >= 11 is 6.47. The zero-order chi connectivity index (χ0) is 23.9. The number of hydrogen-bond donors (Lipinski definition) is 1. The number of halogens is 3. The molecule has 5 aromatic rings. The summed E-state index contributed by atoms with van der Waals surface area (Å²) in [5.41, 5.74) is 2.17. The SMILES string of the molecule is FC(F)C1CCN1c1ncc2ncnc(Nc3ccc(Oc4ccn5ncnc5c4)c(Cl)c3)c2n1. The van der Waals surface area contributed by atoms with Gasteiger partial charge < -0.3 is 15.0 Å². The summed E-state index contributed by atoms with van der Waals surface area (Å²) < 4.78 is 33.9. The predicted molar refractivity (Wildman–Crippen MR) is 125 cm³/mol. The van der Waals surface area contributed by atoms with Gasteiger partial charge in [0, 0.05) is 24.5 Å². The van der Waals surface area contributed by atoms with Gasteiger partial charge in [-0.3, -0.25) is 0 Å². The van der Waals surface area contributed by atoms with Gasteiger partial charge in [-0.05, 0) is 30.7 Å². The van der Waals surface area contributed by atoms with E-state index in [1.807, 2.05) is 0 Å². The molecular weight excluding hydrogens is 480 g/mol. The average Bonchev–Trinajstić information content (AvgIpc) is 3.28. The van der Waals surface area contributed by atoms with Crippen LogP contribution < -0.4 is 15.0 Å². The Labute approximate surface area is 201 Å². The molecule has 6 rings (SSSR count). The molecule has 176 valence electrons. The van der Waals surface area contributed by atoms with Gasteiger partial charge in [0.15, 0.2) is 11.5 Å². The summed E-state index contributed by atoms with van der Waals surface area (Å²) in [6.45, 7) is 0.470. The molecule has 1 aromatic carbocycles. The number of anilines is 3. The second-order valence-corrected chi connectivity index (χ2v) is 8.21. The minimum Gasteiger partial charge on any atom is -0.456 e. The van der Waals surface area contributed by atoms with Crippen molar-refractivity contribution >= 4 is 45.7 Å². The molecule has 1 unspecified atom stereocenters. The van der Waals surface area contributed by atoms with Gasteiger partial charge in [0.05, 0.1) is 17.3 Å². The first-order chi connectivity index (χ1) is 17.0. The first kappa shape index (κ1) is 21.4. The minimum absolute atomic E-state index is 0.221. The Morgan fingerprint density at radius 3 is 2.80 bits per heavy atom. The number of hydrogen-bond acceptors (Lipinski definition) is 9. The number of pyridine rings is 1. The Morgan fingerprint density at radius 1 is 1.09 bits per heavy atom. The van der Waals surface area contributed by atoms with Crippen molar-refractivity contribution in [2.24, 2.45) is 0 Å². The largest absolute Gasteiger partial charge is 0.456 e. The Morgan fingerprint density at radius 2 is 2.00 bits per heavy atom. The maximum Gasteiger partial charge on any atom is 0.258 e. The fourth-order valence-electron chi connectivity index (χ4n) is 3.78. The van der Waals surface area contributed by atoms with E-state index in [9.17, 15) is 8.78 Å². The fourth-order valence-corrected chi connectivity index (χ4v) is 4.00. The van der Waals surface area contributed by atoms with Crippen molar-refractivity contribution < 1.29 is 13.5 Å². The Kier molecular flexibility index (Phi) is 5.21. The summed E-state index contributed by atoms with van der Waals surface area (Å²) in [5, 5.41) is 7.58. The number of aromatic nitrogens is 7. The Bertz CT molecular complexity index is 1550. The number of rotatable bonds is 6. The van der Waals surface area contributed by atoms with E-state index in [4.69, 9.17) is 16.3 Å². The van der Waals surface area contributed by atoms with Crippen LogP contribution in [0, 0.1) is 0 Å². The Balaban J connectivity index is 1.25. The van der Waals surface area contributed by atoms with E-state index < -0.39 is 12.5 Å². The van der Waals surface area contributed by atoms with Crippen molar-refractivity contribution in [2.45, 2.75) is 18.9 Å². The number of ether oxygens (including phenoxy) is 1. The first-order valence-electron chi connectivity index (χ1n) is 10.6. The molecule has 1 saturated heterocycles. The summed E-state index contributed by atoms with van der Waals surface area (Å²) in [4.78, 5) is 22.7. The van der Waals surface area contributed by atoms with E-state index in [-0.39, 0.29) is 5.95 Å². The second kappa shape index (κ2) is 8.55. The van der Waals surface area contributed by atoms with Gasteiger partial charge in [0.1, 0.15) is 35.2 Å². The molecule has 0 bridgehead atoms. The molecule has 0 radical (unpaired) electrons. The molecule has 13 heteroatoms.